The fourth-order valence-electron chi connectivity index (χ4n) is 1.70. The van der Waals surface area contributed by atoms with Gasteiger partial charge in [-0.3, -0.25) is 9.78 Å². The first-order valence-electron chi connectivity index (χ1n) is 5.45. The molecule has 2 aromatic rings. The standard InChI is InChI=1S/C13H11Cl2NO2/c1-7(13(17)18)6-8-2-3-9-10(14)4-5-11(15)12(9)16-8/h2-5,7H,6H2,1H3,(H,17,18). The largest absolute Gasteiger partial charge is 0.481 e. The van der Waals surface area contributed by atoms with Crippen molar-refractivity contribution in [1.82, 2.24) is 4.98 Å². The molecule has 1 heterocycles. The van der Waals surface area contributed by atoms with Gasteiger partial charge in [-0.15, -0.1) is 0 Å². The Hall–Kier alpha value is -1.32. The number of aliphatic carboxylic acids is 1. The van der Waals surface area contributed by atoms with Crippen LogP contribution in [0.1, 0.15) is 12.6 Å². The van der Waals surface area contributed by atoms with E-state index in [1.165, 1.54) is 0 Å². The number of fused-ring (bicyclic) bond motifs is 1. The Morgan fingerprint density at radius 2 is 1.94 bits per heavy atom. The number of carboxylic acids is 1. The molecule has 1 unspecified atom stereocenters. The molecule has 0 saturated heterocycles. The molecule has 18 heavy (non-hydrogen) atoms. The molecule has 0 amide bonds. The minimum absolute atomic E-state index is 0.369. The smallest absolute Gasteiger partial charge is 0.306 e. The van der Waals surface area contributed by atoms with Crippen molar-refractivity contribution in [3.63, 3.8) is 0 Å². The van der Waals surface area contributed by atoms with Gasteiger partial charge >= 0.3 is 5.97 Å². The van der Waals surface area contributed by atoms with Crippen molar-refractivity contribution in [2.75, 3.05) is 0 Å². The van der Waals surface area contributed by atoms with Crippen LogP contribution in [0.4, 0.5) is 0 Å². The summed E-state index contributed by atoms with van der Waals surface area (Å²) >= 11 is 12.1. The van der Waals surface area contributed by atoms with E-state index >= 15 is 0 Å². The molecular weight excluding hydrogens is 273 g/mol. The molecule has 3 nitrogen and oxygen atoms in total. The lowest BCUT2D eigenvalue weighted by molar-refractivity contribution is -0.141. The Balaban J connectivity index is 2.44. The van der Waals surface area contributed by atoms with Gasteiger partial charge in [-0.2, -0.15) is 0 Å². The van der Waals surface area contributed by atoms with E-state index in [0.29, 0.717) is 27.7 Å². The highest BCUT2D eigenvalue weighted by Crippen LogP contribution is 2.28. The number of benzene rings is 1. The highest BCUT2D eigenvalue weighted by molar-refractivity contribution is 6.39. The molecule has 94 valence electrons. The van der Waals surface area contributed by atoms with Gasteiger partial charge in [0.05, 0.1) is 21.5 Å². The van der Waals surface area contributed by atoms with Gasteiger partial charge in [0.2, 0.25) is 0 Å². The predicted octanol–water partition coefficient (Wildman–Crippen LogP) is 3.80. The molecule has 1 atom stereocenters. The number of rotatable bonds is 3. The van der Waals surface area contributed by atoms with Gasteiger partial charge in [-0.05, 0) is 24.3 Å². The Labute approximate surface area is 114 Å². The molecule has 0 fully saturated rings. The van der Waals surface area contributed by atoms with Gasteiger partial charge in [0.1, 0.15) is 0 Å². The summed E-state index contributed by atoms with van der Waals surface area (Å²) in [7, 11) is 0. The molecule has 1 N–H and O–H groups in total. The minimum Gasteiger partial charge on any atom is -0.481 e. The SMILES string of the molecule is CC(Cc1ccc2c(Cl)ccc(Cl)c2n1)C(=O)O. The van der Waals surface area contributed by atoms with Crippen LogP contribution in [0.15, 0.2) is 24.3 Å². The minimum atomic E-state index is -0.839. The molecule has 0 saturated carbocycles. The highest BCUT2D eigenvalue weighted by Gasteiger charge is 2.13. The maximum absolute atomic E-state index is 10.8. The Kier molecular flexibility index (Phi) is 3.73. The lowest BCUT2D eigenvalue weighted by Gasteiger charge is -2.08. The van der Waals surface area contributed by atoms with E-state index in [-0.39, 0.29) is 0 Å². The van der Waals surface area contributed by atoms with Crippen LogP contribution >= 0.6 is 23.2 Å². The third kappa shape index (κ3) is 2.57. The summed E-state index contributed by atoms with van der Waals surface area (Å²) in [5.41, 5.74) is 1.31. The Bertz CT molecular complexity index is 613. The van der Waals surface area contributed by atoms with Gasteiger partial charge in [0.15, 0.2) is 0 Å². The van der Waals surface area contributed by atoms with Crippen molar-refractivity contribution < 1.29 is 9.90 Å². The summed E-state index contributed by atoms with van der Waals surface area (Å²) in [6.07, 6.45) is 0.369. The van der Waals surface area contributed by atoms with Crippen LogP contribution in [0, 0.1) is 5.92 Å². The number of carbonyl (C=O) groups is 1. The zero-order valence-corrected chi connectivity index (χ0v) is 11.2. The van der Waals surface area contributed by atoms with Crippen LogP contribution in [0.5, 0.6) is 0 Å². The molecule has 5 heteroatoms. The van der Waals surface area contributed by atoms with E-state index in [2.05, 4.69) is 4.98 Å². The van der Waals surface area contributed by atoms with E-state index in [1.807, 2.05) is 6.07 Å². The fraction of sp³-hybridized carbons (Fsp3) is 0.231. The van der Waals surface area contributed by atoms with Crippen LogP contribution in [0.3, 0.4) is 0 Å². The Morgan fingerprint density at radius 1 is 1.28 bits per heavy atom. The van der Waals surface area contributed by atoms with Crippen LogP contribution < -0.4 is 0 Å². The lowest BCUT2D eigenvalue weighted by Crippen LogP contribution is -2.13. The maximum atomic E-state index is 10.8. The van der Waals surface area contributed by atoms with Crippen molar-refractivity contribution in [3.8, 4) is 0 Å². The van der Waals surface area contributed by atoms with Crippen LogP contribution in [-0.2, 0) is 11.2 Å². The number of hydrogen-bond donors (Lipinski definition) is 1. The molecule has 0 spiro atoms. The molecule has 1 aromatic heterocycles. The summed E-state index contributed by atoms with van der Waals surface area (Å²) in [5, 5.41) is 10.8. The van der Waals surface area contributed by atoms with E-state index < -0.39 is 11.9 Å². The maximum Gasteiger partial charge on any atom is 0.306 e. The third-order valence-corrected chi connectivity index (χ3v) is 3.38. The number of hydrogen-bond acceptors (Lipinski definition) is 2. The average Bonchev–Trinajstić information content (AvgIpc) is 2.34. The van der Waals surface area contributed by atoms with Gasteiger partial charge in [0, 0.05) is 17.5 Å². The monoisotopic (exact) mass is 283 g/mol. The molecule has 0 bridgehead atoms. The molecule has 0 aliphatic heterocycles. The molecular formula is C13H11Cl2NO2. The first-order valence-corrected chi connectivity index (χ1v) is 6.21. The second-order valence-electron chi connectivity index (χ2n) is 4.17. The van der Waals surface area contributed by atoms with E-state index in [1.54, 1.807) is 25.1 Å². The highest BCUT2D eigenvalue weighted by atomic mass is 35.5. The molecule has 0 aliphatic carbocycles. The number of nitrogens with zero attached hydrogens (tertiary/aromatic N) is 1. The molecule has 0 radical (unpaired) electrons. The second kappa shape index (κ2) is 5.12. The quantitative estimate of drug-likeness (QED) is 0.932. The fourth-order valence-corrected chi connectivity index (χ4v) is 2.13. The van der Waals surface area contributed by atoms with Crippen LogP contribution in [0.25, 0.3) is 10.9 Å². The van der Waals surface area contributed by atoms with Gasteiger partial charge in [-0.1, -0.05) is 30.1 Å². The average molecular weight is 284 g/mol. The van der Waals surface area contributed by atoms with Crippen molar-refractivity contribution in [3.05, 3.63) is 40.0 Å². The number of carboxylic acid groups (broad SMARTS) is 1. The summed E-state index contributed by atoms with van der Waals surface area (Å²) < 4.78 is 0. The van der Waals surface area contributed by atoms with E-state index in [9.17, 15) is 4.79 Å². The summed E-state index contributed by atoms with van der Waals surface area (Å²) in [5.74, 6) is -1.32. The molecule has 0 aliphatic rings. The van der Waals surface area contributed by atoms with E-state index in [4.69, 9.17) is 28.3 Å². The normalized spacial score (nSPS) is 12.6. The van der Waals surface area contributed by atoms with Crippen molar-refractivity contribution in [2.24, 2.45) is 5.92 Å². The second-order valence-corrected chi connectivity index (χ2v) is 4.99. The third-order valence-electron chi connectivity index (χ3n) is 2.75. The van der Waals surface area contributed by atoms with Gasteiger partial charge < -0.3 is 5.11 Å². The molecule has 1 aromatic carbocycles. The first kappa shape index (κ1) is 13.1. The van der Waals surface area contributed by atoms with Crippen LogP contribution in [0.2, 0.25) is 10.0 Å². The summed E-state index contributed by atoms with van der Waals surface area (Å²) in [6.45, 7) is 1.65. The molecule has 2 rings (SSSR count). The van der Waals surface area contributed by atoms with Crippen molar-refractivity contribution in [1.29, 1.82) is 0 Å². The van der Waals surface area contributed by atoms with E-state index in [0.717, 1.165) is 5.39 Å². The van der Waals surface area contributed by atoms with Gasteiger partial charge in [-0.25, -0.2) is 0 Å². The van der Waals surface area contributed by atoms with Gasteiger partial charge in [0.25, 0.3) is 0 Å². The number of pyridine rings is 1. The zero-order valence-electron chi connectivity index (χ0n) is 9.65. The predicted molar refractivity (Wildman–Crippen MR) is 72.3 cm³/mol. The summed E-state index contributed by atoms with van der Waals surface area (Å²) in [4.78, 5) is 15.2. The Morgan fingerprint density at radius 3 is 2.61 bits per heavy atom. The number of halogens is 2. The van der Waals surface area contributed by atoms with Crippen molar-refractivity contribution in [2.45, 2.75) is 13.3 Å². The lowest BCUT2D eigenvalue weighted by atomic mass is 10.0. The van der Waals surface area contributed by atoms with Crippen LogP contribution in [-0.4, -0.2) is 16.1 Å². The zero-order chi connectivity index (χ0) is 13.3. The first-order chi connectivity index (χ1) is 8.49. The number of aromatic nitrogens is 1. The summed E-state index contributed by atoms with van der Waals surface area (Å²) in [6, 6.07) is 7.00. The topological polar surface area (TPSA) is 50.2 Å². The van der Waals surface area contributed by atoms with Crippen molar-refractivity contribution >= 4 is 40.1 Å².